The Morgan fingerprint density at radius 3 is 2.56 bits per heavy atom. The Bertz CT molecular complexity index is 737. The summed E-state index contributed by atoms with van der Waals surface area (Å²) in [6, 6.07) is 5.72. The van der Waals surface area contributed by atoms with Gasteiger partial charge in [0.15, 0.2) is 5.16 Å². The molecule has 0 aliphatic carbocycles. The maximum atomic E-state index is 12.1. The zero-order valence-corrected chi connectivity index (χ0v) is 15.8. The van der Waals surface area contributed by atoms with Crippen molar-refractivity contribution in [1.29, 1.82) is 0 Å². The standard InChI is InChI=1S/C18H24N4O2S/c1-5-19-17(24)14(4)21-16(23)11-25-18-20-6-7-22(18)15-9-12(2)8-13(3)10-15/h6-10,14H,5,11H2,1-4H3,(H,19,24)(H,21,23)/t14-/m1/s1. The van der Waals surface area contributed by atoms with Crippen molar-refractivity contribution < 1.29 is 9.59 Å². The molecule has 2 N–H and O–H groups in total. The zero-order chi connectivity index (χ0) is 18.4. The average molecular weight is 360 g/mol. The monoisotopic (exact) mass is 360 g/mol. The van der Waals surface area contributed by atoms with E-state index < -0.39 is 6.04 Å². The number of aromatic nitrogens is 2. The Kier molecular flexibility index (Phi) is 6.64. The number of imidazole rings is 1. The van der Waals surface area contributed by atoms with Crippen molar-refractivity contribution in [2.45, 2.75) is 38.9 Å². The molecule has 1 heterocycles. The molecular formula is C18H24N4O2S. The van der Waals surface area contributed by atoms with E-state index in [1.807, 2.05) is 17.7 Å². The molecule has 2 amide bonds. The summed E-state index contributed by atoms with van der Waals surface area (Å²) in [4.78, 5) is 28.1. The van der Waals surface area contributed by atoms with Crippen LogP contribution in [0.15, 0.2) is 35.7 Å². The Morgan fingerprint density at radius 2 is 1.92 bits per heavy atom. The van der Waals surface area contributed by atoms with E-state index in [1.165, 1.54) is 22.9 Å². The highest BCUT2D eigenvalue weighted by atomic mass is 32.2. The molecule has 1 atom stereocenters. The molecule has 0 aliphatic rings. The van der Waals surface area contributed by atoms with E-state index in [0.717, 1.165) is 10.8 Å². The fraction of sp³-hybridized carbons (Fsp3) is 0.389. The molecule has 1 aromatic carbocycles. The lowest BCUT2D eigenvalue weighted by Crippen LogP contribution is -2.45. The minimum Gasteiger partial charge on any atom is -0.355 e. The summed E-state index contributed by atoms with van der Waals surface area (Å²) in [5.41, 5.74) is 3.37. The van der Waals surface area contributed by atoms with Gasteiger partial charge in [-0.25, -0.2) is 4.98 Å². The SMILES string of the molecule is CCNC(=O)[C@@H](C)NC(=O)CSc1nccn1-c1cc(C)cc(C)c1. The first-order valence-corrected chi connectivity index (χ1v) is 9.21. The smallest absolute Gasteiger partial charge is 0.242 e. The molecule has 7 heteroatoms. The van der Waals surface area contributed by atoms with Gasteiger partial charge in [0.2, 0.25) is 11.8 Å². The second kappa shape index (κ2) is 8.71. The predicted molar refractivity (Wildman–Crippen MR) is 100 cm³/mol. The minimum absolute atomic E-state index is 0.183. The zero-order valence-electron chi connectivity index (χ0n) is 15.0. The number of amides is 2. The topological polar surface area (TPSA) is 76.0 Å². The molecule has 1 aromatic heterocycles. The highest BCUT2D eigenvalue weighted by molar-refractivity contribution is 7.99. The molecule has 0 fully saturated rings. The number of carbonyl (C=O) groups excluding carboxylic acids is 2. The van der Waals surface area contributed by atoms with Gasteiger partial charge in [-0.2, -0.15) is 0 Å². The van der Waals surface area contributed by atoms with Crippen LogP contribution in [-0.4, -0.2) is 39.7 Å². The van der Waals surface area contributed by atoms with Crippen LogP contribution in [0.5, 0.6) is 0 Å². The fourth-order valence-electron chi connectivity index (χ4n) is 2.49. The van der Waals surface area contributed by atoms with Gasteiger partial charge in [0, 0.05) is 24.6 Å². The number of hydrogen-bond acceptors (Lipinski definition) is 4. The molecule has 0 radical (unpaired) electrons. The van der Waals surface area contributed by atoms with Crippen LogP contribution in [0.4, 0.5) is 0 Å². The molecule has 0 spiro atoms. The number of carbonyl (C=O) groups is 2. The van der Waals surface area contributed by atoms with Gasteiger partial charge in [0.1, 0.15) is 6.04 Å². The van der Waals surface area contributed by atoms with Crippen molar-refractivity contribution in [1.82, 2.24) is 20.2 Å². The lowest BCUT2D eigenvalue weighted by Gasteiger charge is -2.13. The van der Waals surface area contributed by atoms with Gasteiger partial charge in [-0.05, 0) is 51.0 Å². The first kappa shape index (κ1) is 19.1. The van der Waals surface area contributed by atoms with Gasteiger partial charge in [-0.3, -0.25) is 14.2 Å². The van der Waals surface area contributed by atoms with Crippen molar-refractivity contribution in [2.75, 3.05) is 12.3 Å². The number of rotatable bonds is 7. The summed E-state index contributed by atoms with van der Waals surface area (Å²) in [5.74, 6) is -0.178. The van der Waals surface area contributed by atoms with E-state index >= 15 is 0 Å². The van der Waals surface area contributed by atoms with Gasteiger partial charge >= 0.3 is 0 Å². The highest BCUT2D eigenvalue weighted by Gasteiger charge is 2.16. The van der Waals surface area contributed by atoms with Crippen LogP contribution in [0.3, 0.4) is 0 Å². The third kappa shape index (κ3) is 5.35. The number of benzene rings is 1. The van der Waals surface area contributed by atoms with Gasteiger partial charge in [-0.15, -0.1) is 0 Å². The van der Waals surface area contributed by atoms with Crippen molar-refractivity contribution in [3.05, 3.63) is 41.7 Å². The number of thioether (sulfide) groups is 1. The summed E-state index contributed by atoms with van der Waals surface area (Å²) in [6.07, 6.45) is 3.60. The van der Waals surface area contributed by atoms with Gasteiger partial charge in [0.25, 0.3) is 0 Å². The van der Waals surface area contributed by atoms with E-state index in [0.29, 0.717) is 6.54 Å². The van der Waals surface area contributed by atoms with Crippen LogP contribution in [0.25, 0.3) is 5.69 Å². The highest BCUT2D eigenvalue weighted by Crippen LogP contribution is 2.22. The van der Waals surface area contributed by atoms with Crippen LogP contribution in [0, 0.1) is 13.8 Å². The molecule has 2 rings (SSSR count). The maximum Gasteiger partial charge on any atom is 0.242 e. The molecule has 0 unspecified atom stereocenters. The number of aryl methyl sites for hydroxylation is 2. The molecule has 0 saturated heterocycles. The maximum absolute atomic E-state index is 12.1. The van der Waals surface area contributed by atoms with Crippen LogP contribution in [0.1, 0.15) is 25.0 Å². The normalized spacial score (nSPS) is 11.8. The van der Waals surface area contributed by atoms with Crippen LogP contribution < -0.4 is 10.6 Å². The summed E-state index contributed by atoms with van der Waals surface area (Å²) < 4.78 is 1.96. The molecule has 0 bridgehead atoms. The Morgan fingerprint density at radius 1 is 1.24 bits per heavy atom. The lowest BCUT2D eigenvalue weighted by atomic mass is 10.1. The van der Waals surface area contributed by atoms with E-state index in [-0.39, 0.29) is 17.6 Å². The van der Waals surface area contributed by atoms with Crippen LogP contribution in [-0.2, 0) is 9.59 Å². The van der Waals surface area contributed by atoms with Crippen LogP contribution >= 0.6 is 11.8 Å². The van der Waals surface area contributed by atoms with E-state index in [9.17, 15) is 9.59 Å². The van der Waals surface area contributed by atoms with E-state index in [2.05, 4.69) is 47.7 Å². The lowest BCUT2D eigenvalue weighted by molar-refractivity contribution is -0.127. The van der Waals surface area contributed by atoms with Crippen molar-refractivity contribution >= 4 is 23.6 Å². The van der Waals surface area contributed by atoms with E-state index in [1.54, 1.807) is 13.1 Å². The van der Waals surface area contributed by atoms with E-state index in [4.69, 9.17) is 0 Å². The molecule has 25 heavy (non-hydrogen) atoms. The first-order chi connectivity index (χ1) is 11.9. The molecule has 134 valence electrons. The second-order valence-electron chi connectivity index (χ2n) is 5.90. The number of hydrogen-bond donors (Lipinski definition) is 2. The number of nitrogens with zero attached hydrogens (tertiary/aromatic N) is 2. The molecular weight excluding hydrogens is 336 g/mol. The molecule has 2 aromatic rings. The Labute approximate surface area is 152 Å². The summed E-state index contributed by atoms with van der Waals surface area (Å²) in [5, 5.41) is 6.12. The Balaban J connectivity index is 1.99. The predicted octanol–water partition coefficient (Wildman–Crippen LogP) is 2.22. The average Bonchev–Trinajstić information content (AvgIpc) is 3.00. The summed E-state index contributed by atoms with van der Waals surface area (Å²) in [6.45, 7) is 8.16. The second-order valence-corrected chi connectivity index (χ2v) is 6.84. The van der Waals surface area contributed by atoms with Crippen LogP contribution in [0.2, 0.25) is 0 Å². The van der Waals surface area contributed by atoms with Crippen molar-refractivity contribution in [3.63, 3.8) is 0 Å². The quantitative estimate of drug-likeness (QED) is 0.743. The summed E-state index contributed by atoms with van der Waals surface area (Å²) >= 11 is 1.34. The summed E-state index contributed by atoms with van der Waals surface area (Å²) in [7, 11) is 0. The minimum atomic E-state index is -0.549. The number of likely N-dealkylation sites (N-methyl/N-ethyl adjacent to an activating group) is 1. The third-order valence-corrected chi connectivity index (χ3v) is 4.51. The Hall–Kier alpha value is -2.28. The fourth-order valence-corrected chi connectivity index (χ4v) is 3.27. The van der Waals surface area contributed by atoms with Gasteiger partial charge in [-0.1, -0.05) is 17.8 Å². The molecule has 6 nitrogen and oxygen atoms in total. The first-order valence-electron chi connectivity index (χ1n) is 8.22. The number of nitrogens with one attached hydrogen (secondary N) is 2. The van der Waals surface area contributed by atoms with Crippen molar-refractivity contribution in [3.8, 4) is 5.69 Å². The molecule has 0 saturated carbocycles. The van der Waals surface area contributed by atoms with Crippen molar-refractivity contribution in [2.24, 2.45) is 0 Å². The largest absolute Gasteiger partial charge is 0.355 e. The van der Waals surface area contributed by atoms with Gasteiger partial charge < -0.3 is 10.6 Å². The molecule has 0 aliphatic heterocycles. The van der Waals surface area contributed by atoms with Gasteiger partial charge in [0.05, 0.1) is 5.75 Å². The third-order valence-electron chi connectivity index (χ3n) is 3.55.